The summed E-state index contributed by atoms with van der Waals surface area (Å²) in [5.41, 5.74) is 2.51. The number of rotatable bonds is 4. The second-order valence-corrected chi connectivity index (χ2v) is 4.27. The monoisotopic (exact) mass is 257 g/mol. The van der Waals surface area contributed by atoms with E-state index in [9.17, 15) is 9.59 Å². The summed E-state index contributed by atoms with van der Waals surface area (Å²) in [7, 11) is 0. The second-order valence-electron chi connectivity index (χ2n) is 4.27. The van der Waals surface area contributed by atoms with Gasteiger partial charge in [-0.25, -0.2) is 0 Å². The van der Waals surface area contributed by atoms with Crippen LogP contribution in [0, 0.1) is 6.92 Å². The van der Waals surface area contributed by atoms with Crippen LogP contribution in [0.25, 0.3) is 11.3 Å². The predicted octanol–water partition coefficient (Wildman–Crippen LogP) is 3.42. The minimum Gasteiger partial charge on any atom is -0.453 e. The molecule has 0 saturated heterocycles. The van der Waals surface area contributed by atoms with Crippen LogP contribution in [0.3, 0.4) is 0 Å². The fourth-order valence-corrected chi connectivity index (χ4v) is 1.77. The number of benzene rings is 1. The number of hydrogen-bond acceptors (Lipinski definition) is 3. The van der Waals surface area contributed by atoms with Crippen molar-refractivity contribution >= 4 is 17.9 Å². The molecule has 0 spiro atoms. The lowest BCUT2D eigenvalue weighted by Crippen LogP contribution is -2.10. The molecule has 1 N–H and O–H groups in total. The van der Waals surface area contributed by atoms with Gasteiger partial charge in [-0.3, -0.25) is 9.59 Å². The molecule has 0 saturated carbocycles. The Morgan fingerprint density at radius 2 is 2.11 bits per heavy atom. The predicted molar refractivity (Wildman–Crippen MR) is 73.2 cm³/mol. The van der Waals surface area contributed by atoms with Gasteiger partial charge in [-0.15, -0.1) is 0 Å². The fourth-order valence-electron chi connectivity index (χ4n) is 1.77. The van der Waals surface area contributed by atoms with E-state index in [0.29, 0.717) is 24.2 Å². The molecule has 0 fully saturated rings. The highest BCUT2D eigenvalue weighted by Crippen LogP contribution is 2.30. The Morgan fingerprint density at radius 3 is 2.74 bits per heavy atom. The molecule has 2 aromatic rings. The van der Waals surface area contributed by atoms with Gasteiger partial charge in [-0.05, 0) is 31.2 Å². The van der Waals surface area contributed by atoms with Crippen molar-refractivity contribution in [2.24, 2.45) is 0 Å². The van der Waals surface area contributed by atoms with E-state index < -0.39 is 0 Å². The van der Waals surface area contributed by atoms with Gasteiger partial charge in [-0.2, -0.15) is 0 Å². The maximum atomic E-state index is 11.5. The summed E-state index contributed by atoms with van der Waals surface area (Å²) in [6.07, 6.45) is 1.06. The number of furan rings is 1. The topological polar surface area (TPSA) is 59.3 Å². The van der Waals surface area contributed by atoms with Crippen molar-refractivity contribution in [2.45, 2.75) is 20.3 Å². The van der Waals surface area contributed by atoms with Gasteiger partial charge in [0.15, 0.2) is 12.0 Å². The largest absolute Gasteiger partial charge is 0.453 e. The Bertz CT molecular complexity index is 614. The number of hydrogen-bond donors (Lipinski definition) is 1. The third kappa shape index (κ3) is 2.91. The molecule has 19 heavy (non-hydrogen) atoms. The summed E-state index contributed by atoms with van der Waals surface area (Å²) < 4.78 is 5.41. The number of carbonyl (C=O) groups excluding carboxylic acids is 2. The summed E-state index contributed by atoms with van der Waals surface area (Å²) >= 11 is 0. The standard InChI is InChI=1S/C15H15NO3/c1-3-15(18)16-13-6-4-10(2)8-12(13)14-7-5-11(9-17)19-14/h4-9H,3H2,1-2H3,(H,16,18). The lowest BCUT2D eigenvalue weighted by molar-refractivity contribution is -0.115. The van der Waals surface area contributed by atoms with Gasteiger partial charge in [0.2, 0.25) is 5.91 Å². The number of aryl methyl sites for hydroxylation is 1. The van der Waals surface area contributed by atoms with Crippen molar-refractivity contribution in [2.75, 3.05) is 5.32 Å². The molecule has 1 heterocycles. The summed E-state index contributed by atoms with van der Waals surface area (Å²) in [6, 6.07) is 8.99. The first-order valence-electron chi connectivity index (χ1n) is 6.10. The number of amides is 1. The lowest BCUT2D eigenvalue weighted by Gasteiger charge is -2.09. The molecule has 0 unspecified atom stereocenters. The minimum absolute atomic E-state index is 0.0627. The van der Waals surface area contributed by atoms with Crippen molar-refractivity contribution in [3.05, 3.63) is 41.7 Å². The summed E-state index contributed by atoms with van der Waals surface area (Å²) in [4.78, 5) is 22.2. The van der Waals surface area contributed by atoms with Crippen LogP contribution < -0.4 is 5.32 Å². The van der Waals surface area contributed by atoms with Crippen LogP contribution in [0.4, 0.5) is 5.69 Å². The van der Waals surface area contributed by atoms with E-state index in [1.54, 1.807) is 19.1 Å². The first-order valence-corrected chi connectivity index (χ1v) is 6.10. The molecule has 0 aliphatic carbocycles. The Balaban J connectivity index is 2.44. The molecule has 4 nitrogen and oxygen atoms in total. The van der Waals surface area contributed by atoms with Crippen molar-refractivity contribution in [3.63, 3.8) is 0 Å². The average molecular weight is 257 g/mol. The van der Waals surface area contributed by atoms with E-state index in [0.717, 1.165) is 11.1 Å². The van der Waals surface area contributed by atoms with Crippen molar-refractivity contribution < 1.29 is 14.0 Å². The van der Waals surface area contributed by atoms with Crippen LogP contribution in [0.5, 0.6) is 0 Å². The van der Waals surface area contributed by atoms with Crippen molar-refractivity contribution in [1.29, 1.82) is 0 Å². The highest BCUT2D eigenvalue weighted by molar-refractivity contribution is 5.95. The fraction of sp³-hybridized carbons (Fsp3) is 0.200. The SMILES string of the molecule is CCC(=O)Nc1ccc(C)cc1-c1ccc(C=O)o1. The van der Waals surface area contributed by atoms with E-state index in [-0.39, 0.29) is 11.7 Å². The van der Waals surface area contributed by atoms with Gasteiger partial charge < -0.3 is 9.73 Å². The summed E-state index contributed by atoms with van der Waals surface area (Å²) in [5.74, 6) is 0.772. The normalized spacial score (nSPS) is 10.2. The highest BCUT2D eigenvalue weighted by Gasteiger charge is 2.11. The molecule has 0 aliphatic rings. The van der Waals surface area contributed by atoms with Crippen LogP contribution in [0.1, 0.15) is 29.5 Å². The molecule has 0 aliphatic heterocycles. The van der Waals surface area contributed by atoms with Crippen LogP contribution >= 0.6 is 0 Å². The Kier molecular flexibility index (Phi) is 3.80. The molecule has 98 valence electrons. The Hall–Kier alpha value is -2.36. The van der Waals surface area contributed by atoms with Crippen LogP contribution in [0.15, 0.2) is 34.7 Å². The minimum atomic E-state index is -0.0627. The quantitative estimate of drug-likeness (QED) is 0.854. The third-order valence-corrected chi connectivity index (χ3v) is 2.78. The van der Waals surface area contributed by atoms with Crippen molar-refractivity contribution in [1.82, 2.24) is 0 Å². The molecular formula is C15H15NO3. The van der Waals surface area contributed by atoms with E-state index in [1.165, 1.54) is 0 Å². The molecule has 0 radical (unpaired) electrons. The van der Waals surface area contributed by atoms with Crippen LogP contribution in [0.2, 0.25) is 0 Å². The van der Waals surface area contributed by atoms with E-state index in [2.05, 4.69) is 5.32 Å². The first kappa shape index (κ1) is 13.1. The number of anilines is 1. The lowest BCUT2D eigenvalue weighted by atomic mass is 10.1. The van der Waals surface area contributed by atoms with Gasteiger partial charge in [0, 0.05) is 12.0 Å². The number of aldehydes is 1. The molecule has 4 heteroatoms. The number of carbonyl (C=O) groups is 2. The maximum Gasteiger partial charge on any atom is 0.224 e. The molecule has 0 atom stereocenters. The van der Waals surface area contributed by atoms with Crippen LogP contribution in [-0.4, -0.2) is 12.2 Å². The van der Waals surface area contributed by atoms with E-state index in [1.807, 2.05) is 25.1 Å². The van der Waals surface area contributed by atoms with E-state index >= 15 is 0 Å². The number of nitrogens with one attached hydrogen (secondary N) is 1. The Morgan fingerprint density at radius 1 is 1.32 bits per heavy atom. The van der Waals surface area contributed by atoms with Gasteiger partial charge in [0.1, 0.15) is 5.76 Å². The molecule has 2 rings (SSSR count). The summed E-state index contributed by atoms with van der Waals surface area (Å²) in [6.45, 7) is 3.75. The zero-order valence-electron chi connectivity index (χ0n) is 10.9. The smallest absolute Gasteiger partial charge is 0.224 e. The zero-order valence-corrected chi connectivity index (χ0v) is 10.9. The van der Waals surface area contributed by atoms with Gasteiger partial charge in [-0.1, -0.05) is 18.6 Å². The zero-order chi connectivity index (χ0) is 13.8. The second kappa shape index (κ2) is 5.52. The van der Waals surface area contributed by atoms with Gasteiger partial charge in [0.05, 0.1) is 5.69 Å². The molecule has 0 bridgehead atoms. The third-order valence-electron chi connectivity index (χ3n) is 2.78. The molecule has 1 amide bonds. The first-order chi connectivity index (χ1) is 9.13. The molecular weight excluding hydrogens is 242 g/mol. The van der Waals surface area contributed by atoms with E-state index in [4.69, 9.17) is 4.42 Å². The summed E-state index contributed by atoms with van der Waals surface area (Å²) in [5, 5.41) is 2.83. The average Bonchev–Trinajstić information content (AvgIpc) is 2.89. The van der Waals surface area contributed by atoms with Gasteiger partial charge >= 0.3 is 0 Å². The van der Waals surface area contributed by atoms with Crippen LogP contribution in [-0.2, 0) is 4.79 Å². The Labute approximate surface area is 111 Å². The van der Waals surface area contributed by atoms with Crippen molar-refractivity contribution in [3.8, 4) is 11.3 Å². The highest BCUT2D eigenvalue weighted by atomic mass is 16.3. The molecule has 1 aromatic carbocycles. The van der Waals surface area contributed by atoms with Gasteiger partial charge in [0.25, 0.3) is 0 Å². The maximum absolute atomic E-state index is 11.5. The molecule has 1 aromatic heterocycles.